The number of carbonyl (C=O) groups is 2. The van der Waals surface area contributed by atoms with E-state index in [-0.39, 0.29) is 18.4 Å². The van der Waals surface area contributed by atoms with Crippen LogP contribution in [0, 0.1) is 0 Å². The first-order valence-corrected chi connectivity index (χ1v) is 6.59. The summed E-state index contributed by atoms with van der Waals surface area (Å²) in [5.41, 5.74) is 0.771. The molecule has 0 atom stereocenters. The molecular formula is C15H18N2O4. The van der Waals surface area contributed by atoms with Gasteiger partial charge in [0.25, 0.3) is 0 Å². The Morgan fingerprint density at radius 1 is 1.33 bits per heavy atom. The molecule has 1 fully saturated rings. The van der Waals surface area contributed by atoms with Gasteiger partial charge in [-0.1, -0.05) is 0 Å². The molecule has 0 saturated carbocycles. The smallest absolute Gasteiger partial charge is 0.247 e. The Balaban J connectivity index is 2.09. The molecule has 2 rings (SSSR count). The maximum atomic E-state index is 12.0. The van der Waals surface area contributed by atoms with Crippen LogP contribution in [0.2, 0.25) is 0 Å². The molecule has 6 nitrogen and oxygen atoms in total. The van der Waals surface area contributed by atoms with Crippen molar-refractivity contribution in [2.45, 2.75) is 0 Å². The number of nitrogens with one attached hydrogen (secondary N) is 1. The van der Waals surface area contributed by atoms with Gasteiger partial charge in [0.15, 0.2) is 0 Å². The van der Waals surface area contributed by atoms with Gasteiger partial charge in [-0.05, 0) is 18.2 Å². The van der Waals surface area contributed by atoms with Crippen molar-refractivity contribution in [3.63, 3.8) is 0 Å². The molecule has 21 heavy (non-hydrogen) atoms. The van der Waals surface area contributed by atoms with E-state index in [4.69, 9.17) is 9.47 Å². The second kappa shape index (κ2) is 6.78. The third-order valence-electron chi connectivity index (χ3n) is 3.20. The zero-order chi connectivity index (χ0) is 15.2. The maximum Gasteiger partial charge on any atom is 0.247 e. The van der Waals surface area contributed by atoms with Crippen molar-refractivity contribution < 1.29 is 19.1 Å². The van der Waals surface area contributed by atoms with Crippen LogP contribution in [0.4, 0.5) is 0 Å². The highest BCUT2D eigenvalue weighted by atomic mass is 16.5. The molecule has 0 unspecified atom stereocenters. The minimum atomic E-state index is -0.192. The number of hydrogen-bond acceptors (Lipinski definition) is 4. The van der Waals surface area contributed by atoms with Crippen LogP contribution in [0.25, 0.3) is 6.08 Å². The molecule has 0 aliphatic carbocycles. The van der Waals surface area contributed by atoms with Gasteiger partial charge in [-0.15, -0.1) is 0 Å². The number of ether oxygens (including phenoxy) is 2. The number of amides is 2. The zero-order valence-electron chi connectivity index (χ0n) is 12.1. The van der Waals surface area contributed by atoms with E-state index in [1.54, 1.807) is 32.4 Å². The quantitative estimate of drug-likeness (QED) is 0.828. The molecule has 112 valence electrons. The molecule has 1 aliphatic heterocycles. The number of piperazine rings is 1. The summed E-state index contributed by atoms with van der Waals surface area (Å²) in [6.45, 7) is 1.11. The lowest BCUT2D eigenvalue weighted by Gasteiger charge is -2.25. The predicted molar refractivity (Wildman–Crippen MR) is 78.2 cm³/mol. The summed E-state index contributed by atoms with van der Waals surface area (Å²) in [4.78, 5) is 24.8. The molecule has 1 N–H and O–H groups in total. The Morgan fingerprint density at radius 2 is 2.14 bits per heavy atom. The van der Waals surface area contributed by atoms with E-state index in [9.17, 15) is 9.59 Å². The number of carbonyl (C=O) groups excluding carboxylic acids is 2. The van der Waals surface area contributed by atoms with E-state index >= 15 is 0 Å². The summed E-state index contributed by atoms with van der Waals surface area (Å²) in [7, 11) is 3.14. The normalized spacial score (nSPS) is 15.0. The van der Waals surface area contributed by atoms with Crippen LogP contribution >= 0.6 is 0 Å². The highest BCUT2D eigenvalue weighted by Gasteiger charge is 2.19. The SMILES string of the molecule is COc1ccc(C=CC(=O)N2CCNC(=O)C2)c(OC)c1. The fraction of sp³-hybridized carbons (Fsp3) is 0.333. The molecule has 1 aromatic carbocycles. The summed E-state index contributed by atoms with van der Waals surface area (Å²) >= 11 is 0. The van der Waals surface area contributed by atoms with Crippen LogP contribution in [0.5, 0.6) is 11.5 Å². The predicted octanol–water partition coefficient (Wildman–Crippen LogP) is 0.675. The summed E-state index contributed by atoms with van der Waals surface area (Å²) in [5, 5.41) is 2.68. The van der Waals surface area contributed by atoms with Gasteiger partial charge in [0, 0.05) is 30.8 Å². The van der Waals surface area contributed by atoms with Crippen LogP contribution in [-0.2, 0) is 9.59 Å². The van der Waals surface area contributed by atoms with Gasteiger partial charge in [0.1, 0.15) is 11.5 Å². The van der Waals surface area contributed by atoms with E-state index < -0.39 is 0 Å². The molecular weight excluding hydrogens is 272 g/mol. The van der Waals surface area contributed by atoms with E-state index in [1.165, 1.54) is 11.0 Å². The third-order valence-corrected chi connectivity index (χ3v) is 3.20. The van der Waals surface area contributed by atoms with Gasteiger partial charge < -0.3 is 19.7 Å². The van der Waals surface area contributed by atoms with Gasteiger partial charge >= 0.3 is 0 Å². The van der Waals surface area contributed by atoms with Crippen molar-refractivity contribution >= 4 is 17.9 Å². The average Bonchev–Trinajstić information content (AvgIpc) is 2.52. The lowest BCUT2D eigenvalue weighted by molar-refractivity contribution is -0.134. The van der Waals surface area contributed by atoms with Crippen LogP contribution in [0.3, 0.4) is 0 Å². The Morgan fingerprint density at radius 3 is 2.81 bits per heavy atom. The van der Waals surface area contributed by atoms with E-state index in [0.29, 0.717) is 24.6 Å². The van der Waals surface area contributed by atoms with Gasteiger partial charge in [-0.25, -0.2) is 0 Å². The maximum absolute atomic E-state index is 12.0. The molecule has 2 amide bonds. The standard InChI is InChI=1S/C15H18N2O4/c1-20-12-5-3-11(13(9-12)21-2)4-6-15(19)17-8-7-16-14(18)10-17/h3-6,9H,7-8,10H2,1-2H3,(H,16,18). The minimum absolute atomic E-state index is 0.100. The van der Waals surface area contributed by atoms with Crippen molar-refractivity contribution in [2.24, 2.45) is 0 Å². The summed E-state index contributed by atoms with van der Waals surface area (Å²) in [6, 6.07) is 5.35. The highest BCUT2D eigenvalue weighted by Crippen LogP contribution is 2.25. The molecule has 1 saturated heterocycles. The monoisotopic (exact) mass is 290 g/mol. The summed E-state index contributed by atoms with van der Waals surface area (Å²) in [5.74, 6) is 0.977. The van der Waals surface area contributed by atoms with Gasteiger partial charge in [-0.2, -0.15) is 0 Å². The lowest BCUT2D eigenvalue weighted by atomic mass is 10.1. The van der Waals surface area contributed by atoms with Crippen LogP contribution < -0.4 is 14.8 Å². The summed E-state index contributed by atoms with van der Waals surface area (Å²) < 4.78 is 10.4. The van der Waals surface area contributed by atoms with Gasteiger partial charge in [0.05, 0.1) is 20.8 Å². The van der Waals surface area contributed by atoms with Crippen LogP contribution in [0.15, 0.2) is 24.3 Å². The van der Waals surface area contributed by atoms with Crippen molar-refractivity contribution in [2.75, 3.05) is 33.9 Å². The number of hydrogen-bond donors (Lipinski definition) is 1. The van der Waals surface area contributed by atoms with Gasteiger partial charge in [0.2, 0.25) is 11.8 Å². The minimum Gasteiger partial charge on any atom is -0.497 e. The van der Waals surface area contributed by atoms with Crippen LogP contribution in [0.1, 0.15) is 5.56 Å². The zero-order valence-corrected chi connectivity index (χ0v) is 12.1. The van der Waals surface area contributed by atoms with E-state index in [0.717, 1.165) is 5.56 Å². The lowest BCUT2D eigenvalue weighted by Crippen LogP contribution is -2.49. The molecule has 0 radical (unpaired) electrons. The second-order valence-corrected chi connectivity index (χ2v) is 4.55. The number of rotatable bonds is 4. The molecule has 0 spiro atoms. The number of nitrogens with zero attached hydrogens (tertiary/aromatic N) is 1. The summed E-state index contributed by atoms with van der Waals surface area (Å²) in [6.07, 6.45) is 3.12. The van der Waals surface area contributed by atoms with Gasteiger partial charge in [-0.3, -0.25) is 9.59 Å². The Hall–Kier alpha value is -2.50. The first-order chi connectivity index (χ1) is 10.1. The Kier molecular flexibility index (Phi) is 4.81. The largest absolute Gasteiger partial charge is 0.497 e. The third kappa shape index (κ3) is 3.75. The molecule has 1 aromatic rings. The molecule has 1 heterocycles. The fourth-order valence-electron chi connectivity index (χ4n) is 2.05. The molecule has 6 heteroatoms. The van der Waals surface area contributed by atoms with E-state index in [1.807, 2.05) is 6.07 Å². The number of benzene rings is 1. The van der Waals surface area contributed by atoms with Crippen molar-refractivity contribution in [3.05, 3.63) is 29.8 Å². The molecule has 1 aliphatic rings. The first kappa shape index (κ1) is 14.9. The Labute approximate surface area is 123 Å². The fourth-order valence-corrected chi connectivity index (χ4v) is 2.05. The van der Waals surface area contributed by atoms with Crippen molar-refractivity contribution in [1.82, 2.24) is 10.2 Å². The van der Waals surface area contributed by atoms with Crippen LogP contribution in [-0.4, -0.2) is 50.6 Å². The Bertz CT molecular complexity index is 569. The van der Waals surface area contributed by atoms with Crippen molar-refractivity contribution in [1.29, 1.82) is 0 Å². The highest BCUT2D eigenvalue weighted by molar-refractivity contribution is 5.95. The molecule has 0 bridgehead atoms. The number of methoxy groups -OCH3 is 2. The second-order valence-electron chi connectivity index (χ2n) is 4.55. The van der Waals surface area contributed by atoms with E-state index in [2.05, 4.69) is 5.32 Å². The van der Waals surface area contributed by atoms with Crippen molar-refractivity contribution in [3.8, 4) is 11.5 Å². The molecule has 0 aromatic heterocycles. The average molecular weight is 290 g/mol. The topological polar surface area (TPSA) is 67.9 Å². The first-order valence-electron chi connectivity index (χ1n) is 6.59.